The van der Waals surface area contributed by atoms with Crippen molar-refractivity contribution in [3.63, 3.8) is 0 Å². The second-order valence-electron chi connectivity index (χ2n) is 6.05. The lowest BCUT2D eigenvalue weighted by Gasteiger charge is -2.12. The largest absolute Gasteiger partial charge is 0.494 e. The van der Waals surface area contributed by atoms with Gasteiger partial charge in [0.2, 0.25) is 0 Å². The maximum absolute atomic E-state index is 5.70. The van der Waals surface area contributed by atoms with E-state index in [9.17, 15) is 0 Å². The fourth-order valence-corrected chi connectivity index (χ4v) is 3.23. The zero-order valence-electron chi connectivity index (χ0n) is 16.5. The maximum atomic E-state index is 5.70. The quantitative estimate of drug-likeness (QED) is 0.291. The van der Waals surface area contributed by atoms with E-state index in [1.165, 1.54) is 10.4 Å². The van der Waals surface area contributed by atoms with Crippen LogP contribution in [0.25, 0.3) is 0 Å². The van der Waals surface area contributed by atoms with E-state index >= 15 is 0 Å². The molecule has 2 rings (SSSR count). The van der Waals surface area contributed by atoms with Crippen LogP contribution in [0.3, 0.4) is 0 Å². The highest BCUT2D eigenvalue weighted by Crippen LogP contribution is 2.14. The minimum atomic E-state index is 0. The standard InChI is InChI=1S/C20H30N4OS.HI/c1-4-13-25-18-8-6-7-17(14-18)9-11-22-20(21-5-2)23-12-10-19-24-15-16(3)26-19;/h6-8,14-15H,4-5,9-13H2,1-3H3,(H2,21,22,23);1H. The van der Waals surface area contributed by atoms with Crippen molar-refractivity contribution in [2.45, 2.75) is 40.0 Å². The summed E-state index contributed by atoms with van der Waals surface area (Å²) in [5.41, 5.74) is 1.26. The van der Waals surface area contributed by atoms with Crippen LogP contribution in [0.15, 0.2) is 35.5 Å². The fourth-order valence-electron chi connectivity index (χ4n) is 2.46. The van der Waals surface area contributed by atoms with Gasteiger partial charge < -0.3 is 15.4 Å². The third-order valence-corrected chi connectivity index (χ3v) is 4.66. The van der Waals surface area contributed by atoms with Crippen LogP contribution < -0.4 is 15.4 Å². The SMILES string of the molecule is CCCOc1cccc(CCNC(=NCCc2ncc(C)s2)NCC)c1.I. The molecule has 2 aromatic rings. The molecule has 1 heterocycles. The van der Waals surface area contributed by atoms with E-state index in [1.54, 1.807) is 11.3 Å². The third kappa shape index (κ3) is 9.41. The molecule has 7 heteroatoms. The molecule has 0 radical (unpaired) electrons. The predicted octanol–water partition coefficient (Wildman–Crippen LogP) is 4.20. The van der Waals surface area contributed by atoms with Crippen LogP contribution in [0.1, 0.15) is 35.7 Å². The molecule has 2 N–H and O–H groups in total. The van der Waals surface area contributed by atoms with Crippen molar-refractivity contribution in [1.29, 1.82) is 0 Å². The number of hydrogen-bond donors (Lipinski definition) is 2. The Balaban J connectivity index is 0.00000364. The van der Waals surface area contributed by atoms with Crippen LogP contribution in [-0.2, 0) is 12.8 Å². The molecule has 1 aromatic carbocycles. The van der Waals surface area contributed by atoms with E-state index in [1.807, 2.05) is 12.3 Å². The second kappa shape index (κ2) is 13.8. The van der Waals surface area contributed by atoms with Gasteiger partial charge in [-0.25, -0.2) is 4.98 Å². The number of hydrogen-bond acceptors (Lipinski definition) is 4. The van der Waals surface area contributed by atoms with Crippen molar-refractivity contribution < 1.29 is 4.74 Å². The van der Waals surface area contributed by atoms with Gasteiger partial charge in [-0.2, -0.15) is 0 Å². The van der Waals surface area contributed by atoms with E-state index in [2.05, 4.69) is 59.6 Å². The van der Waals surface area contributed by atoms with E-state index in [-0.39, 0.29) is 24.0 Å². The molecular weight excluding hydrogens is 471 g/mol. The number of benzene rings is 1. The molecule has 0 aliphatic carbocycles. The van der Waals surface area contributed by atoms with Crippen LogP contribution in [0.4, 0.5) is 0 Å². The molecule has 0 saturated heterocycles. The van der Waals surface area contributed by atoms with Gasteiger partial charge in [-0.3, -0.25) is 4.99 Å². The first-order valence-electron chi connectivity index (χ1n) is 9.36. The minimum Gasteiger partial charge on any atom is -0.494 e. The van der Waals surface area contributed by atoms with E-state index < -0.39 is 0 Å². The van der Waals surface area contributed by atoms with Gasteiger partial charge in [-0.15, -0.1) is 35.3 Å². The molecule has 0 fully saturated rings. The topological polar surface area (TPSA) is 58.5 Å². The molecule has 0 bridgehead atoms. The van der Waals surface area contributed by atoms with Crippen molar-refractivity contribution in [2.24, 2.45) is 4.99 Å². The number of ether oxygens (including phenoxy) is 1. The molecule has 0 saturated carbocycles. The highest BCUT2D eigenvalue weighted by molar-refractivity contribution is 14.0. The minimum absolute atomic E-state index is 0. The second-order valence-corrected chi connectivity index (χ2v) is 7.37. The maximum Gasteiger partial charge on any atom is 0.191 e. The molecule has 0 amide bonds. The van der Waals surface area contributed by atoms with Gasteiger partial charge in [0.25, 0.3) is 0 Å². The molecule has 1 aromatic heterocycles. The highest BCUT2D eigenvalue weighted by Gasteiger charge is 2.01. The Kier molecular flexibility index (Phi) is 12.1. The number of nitrogens with one attached hydrogen (secondary N) is 2. The van der Waals surface area contributed by atoms with Gasteiger partial charge in [-0.1, -0.05) is 19.1 Å². The summed E-state index contributed by atoms with van der Waals surface area (Å²) in [7, 11) is 0. The van der Waals surface area contributed by atoms with Crippen molar-refractivity contribution in [2.75, 3.05) is 26.2 Å². The monoisotopic (exact) mass is 502 g/mol. The van der Waals surface area contributed by atoms with Crippen molar-refractivity contribution in [3.05, 3.63) is 45.9 Å². The number of guanidine groups is 1. The molecule has 0 atom stereocenters. The summed E-state index contributed by atoms with van der Waals surface area (Å²) in [6.45, 7) is 9.46. The van der Waals surface area contributed by atoms with Crippen molar-refractivity contribution in [3.8, 4) is 5.75 Å². The molecule has 5 nitrogen and oxygen atoms in total. The Hall–Kier alpha value is -1.35. The molecule has 27 heavy (non-hydrogen) atoms. The lowest BCUT2D eigenvalue weighted by molar-refractivity contribution is 0.317. The normalized spacial score (nSPS) is 11.0. The van der Waals surface area contributed by atoms with Crippen LogP contribution in [0.2, 0.25) is 0 Å². The van der Waals surface area contributed by atoms with Crippen LogP contribution in [0.5, 0.6) is 5.75 Å². The third-order valence-electron chi connectivity index (χ3n) is 3.69. The van der Waals surface area contributed by atoms with Gasteiger partial charge in [0, 0.05) is 37.1 Å². The molecule has 0 unspecified atom stereocenters. The molecular formula is C20H31IN4OS. The van der Waals surface area contributed by atoms with E-state index in [4.69, 9.17) is 4.74 Å². The van der Waals surface area contributed by atoms with Gasteiger partial charge in [0.1, 0.15) is 5.75 Å². The van der Waals surface area contributed by atoms with E-state index in [0.717, 1.165) is 62.2 Å². The lowest BCUT2D eigenvalue weighted by Crippen LogP contribution is -2.38. The molecule has 0 spiro atoms. The first kappa shape index (κ1) is 23.7. The summed E-state index contributed by atoms with van der Waals surface area (Å²) in [4.78, 5) is 10.3. The summed E-state index contributed by atoms with van der Waals surface area (Å²) in [6.07, 6.45) is 4.76. The van der Waals surface area contributed by atoms with E-state index in [0.29, 0.717) is 0 Å². The Labute approximate surface area is 184 Å². The molecule has 0 aliphatic rings. The summed E-state index contributed by atoms with van der Waals surface area (Å²) in [5, 5.41) is 7.85. The van der Waals surface area contributed by atoms with Gasteiger partial charge >= 0.3 is 0 Å². The summed E-state index contributed by atoms with van der Waals surface area (Å²) in [5.74, 6) is 1.81. The Morgan fingerprint density at radius 3 is 2.78 bits per heavy atom. The van der Waals surface area contributed by atoms with Crippen molar-refractivity contribution in [1.82, 2.24) is 15.6 Å². The predicted molar refractivity (Wildman–Crippen MR) is 126 cm³/mol. The van der Waals surface area contributed by atoms with Gasteiger partial charge in [0.15, 0.2) is 5.96 Å². The lowest BCUT2D eigenvalue weighted by atomic mass is 10.1. The number of aliphatic imine (C=N–C) groups is 1. The van der Waals surface area contributed by atoms with Crippen molar-refractivity contribution >= 4 is 41.3 Å². The first-order valence-corrected chi connectivity index (χ1v) is 10.2. The average molecular weight is 502 g/mol. The Morgan fingerprint density at radius 2 is 2.07 bits per heavy atom. The van der Waals surface area contributed by atoms with Crippen LogP contribution in [-0.4, -0.2) is 37.2 Å². The van der Waals surface area contributed by atoms with Gasteiger partial charge in [0.05, 0.1) is 11.6 Å². The average Bonchev–Trinajstić information content (AvgIpc) is 3.05. The summed E-state index contributed by atoms with van der Waals surface area (Å²) < 4.78 is 5.70. The molecule has 150 valence electrons. The first-order chi connectivity index (χ1) is 12.7. The number of halogens is 1. The zero-order valence-corrected chi connectivity index (χ0v) is 19.6. The number of aromatic nitrogens is 1. The zero-order chi connectivity index (χ0) is 18.6. The highest BCUT2D eigenvalue weighted by atomic mass is 127. The Morgan fingerprint density at radius 1 is 1.22 bits per heavy atom. The number of aryl methyl sites for hydroxylation is 1. The van der Waals surface area contributed by atoms with Gasteiger partial charge in [-0.05, 0) is 44.4 Å². The summed E-state index contributed by atoms with van der Waals surface area (Å²) in [6, 6.07) is 8.32. The summed E-state index contributed by atoms with van der Waals surface area (Å²) >= 11 is 1.74. The number of rotatable bonds is 10. The number of thiazole rings is 1. The smallest absolute Gasteiger partial charge is 0.191 e. The molecule has 0 aliphatic heterocycles. The van der Waals surface area contributed by atoms with Crippen LogP contribution >= 0.6 is 35.3 Å². The number of nitrogens with zero attached hydrogens (tertiary/aromatic N) is 2. The Bertz CT molecular complexity index is 690. The fraction of sp³-hybridized carbons (Fsp3) is 0.500. The van der Waals surface area contributed by atoms with Crippen LogP contribution in [0, 0.1) is 6.92 Å².